The molecule has 1 aromatic heterocycles. The van der Waals surface area contributed by atoms with Gasteiger partial charge < -0.3 is 9.64 Å². The summed E-state index contributed by atoms with van der Waals surface area (Å²) in [6, 6.07) is 10.5. The third kappa shape index (κ3) is 3.97. The van der Waals surface area contributed by atoms with Gasteiger partial charge in [-0.25, -0.2) is 18.7 Å². The van der Waals surface area contributed by atoms with E-state index in [1.165, 1.54) is 40.1 Å². The molecule has 0 aliphatic rings. The number of rotatable bonds is 2. The summed E-state index contributed by atoms with van der Waals surface area (Å²) in [5, 5.41) is 0. The number of aromatic nitrogens is 2. The van der Waals surface area contributed by atoms with E-state index in [0.717, 1.165) is 0 Å². The maximum atomic E-state index is 13.1. The fourth-order valence-corrected chi connectivity index (χ4v) is 2.58. The maximum Gasteiger partial charge on any atom is 0.420 e. The van der Waals surface area contributed by atoms with E-state index in [0.29, 0.717) is 22.3 Å². The van der Waals surface area contributed by atoms with Crippen molar-refractivity contribution in [2.75, 3.05) is 11.9 Å². The summed E-state index contributed by atoms with van der Waals surface area (Å²) < 4.78 is 19.7. The van der Waals surface area contributed by atoms with Crippen molar-refractivity contribution < 1.29 is 18.7 Å². The zero-order valence-corrected chi connectivity index (χ0v) is 15.6. The van der Waals surface area contributed by atoms with Crippen molar-refractivity contribution in [3.63, 3.8) is 0 Å². The van der Waals surface area contributed by atoms with Crippen LogP contribution in [0, 0.1) is 5.82 Å². The molecule has 0 N–H and O–H groups in total. The summed E-state index contributed by atoms with van der Waals surface area (Å²) in [4.78, 5) is 30.6. The lowest BCUT2D eigenvalue weighted by Gasteiger charge is -2.19. The van der Waals surface area contributed by atoms with E-state index in [1.807, 2.05) is 0 Å². The Morgan fingerprint density at radius 3 is 2.41 bits per heavy atom. The molecule has 1 heterocycles. The summed E-state index contributed by atoms with van der Waals surface area (Å²) in [7, 11) is 1.61. The van der Waals surface area contributed by atoms with Crippen LogP contribution in [-0.2, 0) is 4.74 Å². The van der Waals surface area contributed by atoms with Gasteiger partial charge in [-0.2, -0.15) is 0 Å². The monoisotopic (exact) mass is 369 g/mol. The molecule has 2 aromatic carbocycles. The average molecular weight is 369 g/mol. The van der Waals surface area contributed by atoms with Crippen LogP contribution in [0.4, 0.5) is 14.9 Å². The molecular formula is C20H20FN3O3. The normalized spacial score (nSPS) is 11.4. The number of hydrogen-bond acceptors (Lipinski definition) is 4. The summed E-state index contributed by atoms with van der Waals surface area (Å²) in [6.45, 7) is 5.35. The molecule has 7 heteroatoms. The molecular weight excluding hydrogens is 349 g/mol. The highest BCUT2D eigenvalue weighted by molar-refractivity contribution is 6.07. The van der Waals surface area contributed by atoms with Crippen LogP contribution in [0.2, 0.25) is 0 Å². The van der Waals surface area contributed by atoms with Crippen molar-refractivity contribution in [1.29, 1.82) is 0 Å². The zero-order valence-electron chi connectivity index (χ0n) is 15.6. The van der Waals surface area contributed by atoms with Gasteiger partial charge in [0.15, 0.2) is 0 Å². The van der Waals surface area contributed by atoms with Crippen LogP contribution in [-0.4, -0.2) is 34.2 Å². The van der Waals surface area contributed by atoms with Crippen molar-refractivity contribution in [2.24, 2.45) is 0 Å². The molecule has 140 valence electrons. The molecule has 3 rings (SSSR count). The molecule has 0 bridgehead atoms. The Hall–Kier alpha value is -3.22. The zero-order chi connectivity index (χ0) is 19.8. The van der Waals surface area contributed by atoms with Crippen LogP contribution in [0.3, 0.4) is 0 Å². The highest BCUT2D eigenvalue weighted by Gasteiger charge is 2.20. The molecule has 0 atom stereocenters. The lowest BCUT2D eigenvalue weighted by atomic mass is 10.1. The van der Waals surface area contributed by atoms with Gasteiger partial charge in [-0.15, -0.1) is 0 Å². The van der Waals surface area contributed by atoms with Crippen molar-refractivity contribution in [2.45, 2.75) is 26.4 Å². The van der Waals surface area contributed by atoms with E-state index in [9.17, 15) is 14.0 Å². The van der Waals surface area contributed by atoms with Crippen LogP contribution in [0.5, 0.6) is 0 Å². The fraction of sp³-hybridized carbons (Fsp3) is 0.250. The van der Waals surface area contributed by atoms with Crippen LogP contribution in [0.15, 0.2) is 48.8 Å². The first-order valence-electron chi connectivity index (χ1n) is 8.40. The summed E-state index contributed by atoms with van der Waals surface area (Å²) in [6.07, 6.45) is 0.837. The van der Waals surface area contributed by atoms with E-state index in [2.05, 4.69) is 4.98 Å². The highest BCUT2D eigenvalue weighted by Crippen LogP contribution is 2.20. The Bertz CT molecular complexity index is 1000. The quantitative estimate of drug-likeness (QED) is 0.678. The van der Waals surface area contributed by atoms with Gasteiger partial charge in [0, 0.05) is 18.3 Å². The Morgan fingerprint density at radius 2 is 1.78 bits per heavy atom. The Kier molecular flexibility index (Phi) is 4.70. The molecule has 6 nitrogen and oxygen atoms in total. The van der Waals surface area contributed by atoms with Crippen molar-refractivity contribution in [1.82, 2.24) is 9.55 Å². The van der Waals surface area contributed by atoms with Crippen LogP contribution in [0.25, 0.3) is 11.0 Å². The number of benzene rings is 2. The van der Waals surface area contributed by atoms with Crippen LogP contribution in [0.1, 0.15) is 31.1 Å². The standard InChI is InChI=1S/C20H20FN3O3/c1-20(2,3)27-19(26)24-12-22-16-11-13(5-10-17(16)24)18(25)23(4)15-8-6-14(21)7-9-15/h5-12H,1-4H3. The van der Waals surface area contributed by atoms with Gasteiger partial charge in [-0.05, 0) is 63.2 Å². The smallest absolute Gasteiger partial charge is 0.420 e. The molecule has 3 aromatic rings. The van der Waals surface area contributed by atoms with E-state index >= 15 is 0 Å². The third-order valence-electron chi connectivity index (χ3n) is 3.90. The number of carbonyl (C=O) groups excluding carboxylic acids is 2. The Labute approximate surface area is 156 Å². The van der Waals surface area contributed by atoms with Crippen molar-refractivity contribution in [3.05, 3.63) is 60.2 Å². The summed E-state index contributed by atoms with van der Waals surface area (Å²) in [5.74, 6) is -0.635. The van der Waals surface area contributed by atoms with E-state index in [4.69, 9.17) is 4.74 Å². The molecule has 1 amide bonds. The number of amides is 1. The largest absolute Gasteiger partial charge is 0.443 e. The number of hydrogen-bond donors (Lipinski definition) is 0. The topological polar surface area (TPSA) is 64.4 Å². The predicted molar refractivity (Wildman–Crippen MR) is 100 cm³/mol. The lowest BCUT2D eigenvalue weighted by Crippen LogP contribution is -2.27. The number of halogens is 1. The predicted octanol–water partition coefficient (Wildman–Crippen LogP) is 4.24. The molecule has 0 fully saturated rings. The lowest BCUT2D eigenvalue weighted by molar-refractivity contribution is 0.0543. The molecule has 27 heavy (non-hydrogen) atoms. The van der Waals surface area contributed by atoms with Gasteiger partial charge >= 0.3 is 6.09 Å². The SMILES string of the molecule is CN(C(=O)c1ccc2c(c1)ncn2C(=O)OC(C)(C)C)c1ccc(F)cc1. The minimum absolute atomic E-state index is 0.268. The van der Waals surface area contributed by atoms with Crippen LogP contribution < -0.4 is 4.90 Å². The number of ether oxygens (including phenoxy) is 1. The number of carbonyl (C=O) groups is 2. The van der Waals surface area contributed by atoms with Crippen LogP contribution >= 0.6 is 0 Å². The molecule has 0 unspecified atom stereocenters. The maximum absolute atomic E-state index is 13.1. The second kappa shape index (κ2) is 6.83. The van der Waals surface area contributed by atoms with Crippen molar-refractivity contribution in [3.8, 4) is 0 Å². The van der Waals surface area contributed by atoms with E-state index < -0.39 is 11.7 Å². The highest BCUT2D eigenvalue weighted by atomic mass is 19.1. The first-order chi connectivity index (χ1) is 12.7. The molecule has 0 saturated heterocycles. The number of fused-ring (bicyclic) bond motifs is 1. The molecule has 0 radical (unpaired) electrons. The summed E-state index contributed by atoms with van der Waals surface area (Å²) >= 11 is 0. The number of imidazole rings is 1. The molecule has 0 aliphatic heterocycles. The van der Waals surface area contributed by atoms with Gasteiger partial charge in [-0.3, -0.25) is 4.79 Å². The van der Waals surface area contributed by atoms with Gasteiger partial charge in [0.1, 0.15) is 17.7 Å². The number of nitrogens with zero attached hydrogens (tertiary/aromatic N) is 3. The van der Waals surface area contributed by atoms with Gasteiger partial charge in [0.25, 0.3) is 5.91 Å². The van der Waals surface area contributed by atoms with E-state index in [-0.39, 0.29) is 11.7 Å². The number of anilines is 1. The Morgan fingerprint density at radius 1 is 1.11 bits per heavy atom. The summed E-state index contributed by atoms with van der Waals surface area (Å²) in [5.41, 5.74) is 1.40. The van der Waals surface area contributed by atoms with E-state index in [1.54, 1.807) is 46.0 Å². The fourth-order valence-electron chi connectivity index (χ4n) is 2.58. The molecule has 0 saturated carbocycles. The second-order valence-electron chi connectivity index (χ2n) is 7.14. The average Bonchev–Trinajstić information content (AvgIpc) is 3.03. The molecule has 0 spiro atoms. The molecule has 0 aliphatic carbocycles. The van der Waals surface area contributed by atoms with Gasteiger partial charge in [-0.1, -0.05) is 0 Å². The minimum atomic E-state index is -0.624. The van der Waals surface area contributed by atoms with Gasteiger partial charge in [0.05, 0.1) is 11.0 Å². The van der Waals surface area contributed by atoms with Gasteiger partial charge in [0.2, 0.25) is 0 Å². The minimum Gasteiger partial charge on any atom is -0.443 e. The van der Waals surface area contributed by atoms with Crippen molar-refractivity contribution >= 4 is 28.7 Å². The first kappa shape index (κ1) is 18.6. The first-order valence-corrected chi connectivity index (χ1v) is 8.40. The third-order valence-corrected chi connectivity index (χ3v) is 3.90. The Balaban J connectivity index is 1.88. The second-order valence-corrected chi connectivity index (χ2v) is 7.14.